The van der Waals surface area contributed by atoms with Gasteiger partial charge in [-0.05, 0) is 37.6 Å². The predicted octanol–water partition coefficient (Wildman–Crippen LogP) is 3.32. The van der Waals surface area contributed by atoms with Crippen molar-refractivity contribution in [1.29, 1.82) is 0 Å². The van der Waals surface area contributed by atoms with Gasteiger partial charge in [-0.3, -0.25) is 14.9 Å². The number of hydrogen-bond donors (Lipinski definition) is 0. The fraction of sp³-hybridized carbons (Fsp3) is 0.440. The summed E-state index contributed by atoms with van der Waals surface area (Å²) < 4.78 is 11.0. The minimum absolute atomic E-state index is 0.0590. The first kappa shape index (κ1) is 23.1. The topological polar surface area (TPSA) is 105 Å². The lowest BCUT2D eigenvalue weighted by atomic mass is 9.65. The Morgan fingerprint density at radius 3 is 2.37 bits per heavy atom. The summed E-state index contributed by atoms with van der Waals surface area (Å²) in [7, 11) is 3.57. The minimum atomic E-state index is -0.803. The number of carbonyl (C=O) groups is 2. The van der Waals surface area contributed by atoms with Crippen molar-refractivity contribution in [3.05, 3.63) is 57.6 Å². The highest BCUT2D eigenvalue weighted by molar-refractivity contribution is 6.10. The summed E-state index contributed by atoms with van der Waals surface area (Å²) in [5.74, 6) is 0.658. The number of carbonyl (C=O) groups excluding carboxylic acids is 2. The molecule has 1 spiro atoms. The van der Waals surface area contributed by atoms with Gasteiger partial charge in [-0.1, -0.05) is 18.6 Å². The Morgan fingerprint density at radius 2 is 1.80 bits per heavy atom. The van der Waals surface area contributed by atoms with E-state index in [9.17, 15) is 19.7 Å². The number of anilines is 1. The molecule has 0 aromatic heterocycles. The second-order valence-electron chi connectivity index (χ2n) is 9.43. The number of nitro groups is 1. The zero-order chi connectivity index (χ0) is 24.7. The van der Waals surface area contributed by atoms with Gasteiger partial charge in [0, 0.05) is 37.8 Å². The first-order chi connectivity index (χ1) is 16.8. The van der Waals surface area contributed by atoms with Crippen LogP contribution in [-0.4, -0.2) is 67.1 Å². The third-order valence-electron chi connectivity index (χ3n) is 7.38. The number of benzene rings is 2. The molecule has 0 bridgehead atoms. The van der Waals surface area contributed by atoms with E-state index in [1.807, 2.05) is 31.3 Å². The van der Waals surface area contributed by atoms with E-state index in [0.29, 0.717) is 56.0 Å². The van der Waals surface area contributed by atoms with Gasteiger partial charge in [-0.15, -0.1) is 0 Å². The van der Waals surface area contributed by atoms with E-state index in [4.69, 9.17) is 9.47 Å². The SMILES string of the molecule is COc1ccc(CN2C(=O)C3(CCC3)c3cc([N+](=O)[O-])cc(OC(=O)N4CCN(C)CC4)c32)cc1. The second kappa shape index (κ2) is 8.84. The van der Waals surface area contributed by atoms with Crippen LogP contribution in [0.5, 0.6) is 11.5 Å². The summed E-state index contributed by atoms with van der Waals surface area (Å²) in [4.78, 5) is 43.3. The van der Waals surface area contributed by atoms with E-state index in [0.717, 1.165) is 12.0 Å². The number of non-ortho nitro benzene ring substituents is 1. The molecule has 0 radical (unpaired) electrons. The Bertz CT molecular complexity index is 1170. The first-order valence-corrected chi connectivity index (χ1v) is 11.8. The van der Waals surface area contributed by atoms with Crippen LogP contribution in [0.3, 0.4) is 0 Å². The van der Waals surface area contributed by atoms with Crippen LogP contribution in [0.15, 0.2) is 36.4 Å². The summed E-state index contributed by atoms with van der Waals surface area (Å²) >= 11 is 0. The Kier molecular flexibility index (Phi) is 5.84. The maximum Gasteiger partial charge on any atom is 0.415 e. The summed E-state index contributed by atoms with van der Waals surface area (Å²) in [6.45, 7) is 2.70. The number of rotatable bonds is 5. The molecule has 2 amide bonds. The number of methoxy groups -OCH3 is 1. The molecule has 1 saturated carbocycles. The van der Waals surface area contributed by atoms with Crippen LogP contribution >= 0.6 is 0 Å². The lowest BCUT2D eigenvalue weighted by molar-refractivity contribution is -0.385. The number of ether oxygens (including phenoxy) is 2. The maximum absolute atomic E-state index is 13.7. The molecule has 2 heterocycles. The molecule has 5 rings (SSSR count). The lowest BCUT2D eigenvalue weighted by Gasteiger charge is -2.36. The molecule has 2 aliphatic heterocycles. The molecule has 10 heteroatoms. The largest absolute Gasteiger partial charge is 0.497 e. The van der Waals surface area contributed by atoms with Gasteiger partial charge in [0.05, 0.1) is 35.7 Å². The van der Waals surface area contributed by atoms with E-state index < -0.39 is 16.4 Å². The molecule has 2 aromatic carbocycles. The molecule has 1 aliphatic carbocycles. The highest BCUT2D eigenvalue weighted by Gasteiger charge is 2.56. The number of nitro benzene ring substituents is 1. The predicted molar refractivity (Wildman–Crippen MR) is 128 cm³/mol. The lowest BCUT2D eigenvalue weighted by Crippen LogP contribution is -2.48. The molecule has 0 unspecified atom stereocenters. The van der Waals surface area contributed by atoms with Crippen LogP contribution < -0.4 is 14.4 Å². The van der Waals surface area contributed by atoms with E-state index in [2.05, 4.69) is 4.90 Å². The molecule has 0 atom stereocenters. The van der Waals surface area contributed by atoms with Gasteiger partial charge in [0.1, 0.15) is 5.75 Å². The van der Waals surface area contributed by atoms with E-state index in [-0.39, 0.29) is 23.9 Å². The quantitative estimate of drug-likeness (QED) is 0.477. The van der Waals surface area contributed by atoms with Crippen molar-refractivity contribution in [1.82, 2.24) is 9.80 Å². The highest BCUT2D eigenvalue weighted by atomic mass is 16.6. The molecule has 2 fully saturated rings. The molecule has 2 aromatic rings. The Hall–Kier alpha value is -3.66. The van der Waals surface area contributed by atoms with Crippen LogP contribution in [0.2, 0.25) is 0 Å². The van der Waals surface area contributed by atoms with Crippen LogP contribution in [0.25, 0.3) is 0 Å². The van der Waals surface area contributed by atoms with Crippen LogP contribution in [0.4, 0.5) is 16.2 Å². The van der Waals surface area contributed by atoms with Crippen molar-refractivity contribution < 1.29 is 24.0 Å². The van der Waals surface area contributed by atoms with Gasteiger partial charge in [0.2, 0.25) is 5.91 Å². The monoisotopic (exact) mass is 480 g/mol. The number of piperazine rings is 1. The van der Waals surface area contributed by atoms with Gasteiger partial charge in [-0.25, -0.2) is 4.79 Å². The fourth-order valence-electron chi connectivity index (χ4n) is 5.12. The molecule has 10 nitrogen and oxygen atoms in total. The Morgan fingerprint density at radius 1 is 1.11 bits per heavy atom. The second-order valence-corrected chi connectivity index (χ2v) is 9.43. The fourth-order valence-corrected chi connectivity index (χ4v) is 5.12. The molecule has 184 valence electrons. The highest BCUT2D eigenvalue weighted by Crippen LogP contribution is 2.57. The van der Waals surface area contributed by atoms with Crippen molar-refractivity contribution >= 4 is 23.4 Å². The molecular weight excluding hydrogens is 452 g/mol. The van der Waals surface area contributed by atoms with Crippen molar-refractivity contribution in [2.24, 2.45) is 0 Å². The summed E-state index contributed by atoms with van der Waals surface area (Å²) in [6, 6.07) is 10.1. The van der Waals surface area contributed by atoms with Crippen LogP contribution in [0.1, 0.15) is 30.4 Å². The average Bonchev–Trinajstić information content (AvgIpc) is 3.08. The normalized spacial score (nSPS) is 18.9. The number of hydrogen-bond acceptors (Lipinski definition) is 7. The molecule has 3 aliphatic rings. The number of nitrogens with zero attached hydrogens (tertiary/aromatic N) is 4. The first-order valence-electron chi connectivity index (χ1n) is 11.8. The standard InChI is InChI=1S/C25H28N4O6/c1-26-10-12-27(13-11-26)24(31)35-21-15-18(29(32)33)14-20-22(21)28(23(30)25(20)8-3-9-25)16-17-4-6-19(34-2)7-5-17/h4-7,14-15H,3,8-13,16H2,1-2H3. The van der Waals surface area contributed by atoms with Gasteiger partial charge in [-0.2, -0.15) is 0 Å². The van der Waals surface area contributed by atoms with Gasteiger partial charge >= 0.3 is 6.09 Å². The van der Waals surface area contributed by atoms with Crippen LogP contribution in [0, 0.1) is 10.1 Å². The molecule has 1 saturated heterocycles. The smallest absolute Gasteiger partial charge is 0.415 e. The Balaban J connectivity index is 1.54. The Labute approximate surface area is 203 Å². The number of fused-ring (bicyclic) bond motifs is 2. The zero-order valence-corrected chi connectivity index (χ0v) is 19.9. The van der Waals surface area contributed by atoms with Gasteiger partial charge in [0.25, 0.3) is 5.69 Å². The number of likely N-dealkylation sites (N-methyl/N-ethyl adjacent to an activating group) is 1. The molecule has 35 heavy (non-hydrogen) atoms. The van der Waals surface area contributed by atoms with Crippen molar-refractivity contribution in [2.45, 2.75) is 31.2 Å². The molecule has 0 N–H and O–H groups in total. The molecular formula is C25H28N4O6. The van der Waals surface area contributed by atoms with E-state index in [1.54, 1.807) is 16.9 Å². The van der Waals surface area contributed by atoms with Gasteiger partial charge < -0.3 is 24.2 Å². The van der Waals surface area contributed by atoms with Gasteiger partial charge in [0.15, 0.2) is 5.75 Å². The number of amides is 2. The van der Waals surface area contributed by atoms with Crippen LogP contribution in [-0.2, 0) is 16.8 Å². The van der Waals surface area contributed by atoms with Crippen molar-refractivity contribution in [2.75, 3.05) is 45.2 Å². The summed E-state index contributed by atoms with van der Waals surface area (Å²) in [6.07, 6.45) is 1.53. The average molecular weight is 481 g/mol. The summed E-state index contributed by atoms with van der Waals surface area (Å²) in [5, 5.41) is 11.7. The minimum Gasteiger partial charge on any atom is -0.497 e. The van der Waals surface area contributed by atoms with E-state index in [1.165, 1.54) is 12.1 Å². The zero-order valence-electron chi connectivity index (χ0n) is 19.9. The van der Waals surface area contributed by atoms with Crippen molar-refractivity contribution in [3.8, 4) is 11.5 Å². The van der Waals surface area contributed by atoms with Crippen molar-refractivity contribution in [3.63, 3.8) is 0 Å². The third-order valence-corrected chi connectivity index (χ3v) is 7.38. The third kappa shape index (κ3) is 3.97. The summed E-state index contributed by atoms with van der Waals surface area (Å²) in [5.41, 5.74) is 0.922. The maximum atomic E-state index is 13.7. The van der Waals surface area contributed by atoms with E-state index >= 15 is 0 Å².